The van der Waals surface area contributed by atoms with Gasteiger partial charge in [-0.25, -0.2) is 9.78 Å². The second-order valence-corrected chi connectivity index (χ2v) is 5.47. The van der Waals surface area contributed by atoms with E-state index in [4.69, 9.17) is 9.15 Å². The number of carbonyl (C=O) groups excluding carboxylic acids is 2. The van der Waals surface area contributed by atoms with Crippen LogP contribution in [0.3, 0.4) is 0 Å². The van der Waals surface area contributed by atoms with Crippen molar-refractivity contribution in [1.82, 2.24) is 9.88 Å². The summed E-state index contributed by atoms with van der Waals surface area (Å²) in [7, 11) is 2.88. The third kappa shape index (κ3) is 5.86. The molecule has 2 aromatic rings. The van der Waals surface area contributed by atoms with Gasteiger partial charge in [0.25, 0.3) is 0 Å². The maximum absolute atomic E-state index is 12.5. The molecule has 26 heavy (non-hydrogen) atoms. The SMILES string of the molecule is COCCCN(Cc1nc(C(=O)OC)co1)C(=O)C=Cc1ccccc1. The van der Waals surface area contributed by atoms with Crippen LogP contribution in [-0.2, 0) is 20.8 Å². The number of ether oxygens (including phenoxy) is 2. The minimum absolute atomic E-state index is 0.0756. The van der Waals surface area contributed by atoms with Gasteiger partial charge in [-0.15, -0.1) is 0 Å². The van der Waals surface area contributed by atoms with Crippen LogP contribution in [-0.4, -0.2) is 49.1 Å². The molecule has 0 radical (unpaired) electrons. The third-order valence-corrected chi connectivity index (χ3v) is 3.58. The van der Waals surface area contributed by atoms with Gasteiger partial charge < -0.3 is 18.8 Å². The fourth-order valence-corrected chi connectivity index (χ4v) is 2.25. The van der Waals surface area contributed by atoms with Gasteiger partial charge in [-0.1, -0.05) is 30.3 Å². The number of aromatic nitrogens is 1. The van der Waals surface area contributed by atoms with Gasteiger partial charge in [-0.3, -0.25) is 4.79 Å². The van der Waals surface area contributed by atoms with E-state index < -0.39 is 5.97 Å². The molecule has 1 heterocycles. The zero-order valence-electron chi connectivity index (χ0n) is 14.9. The molecule has 138 valence electrons. The van der Waals surface area contributed by atoms with Crippen molar-refractivity contribution in [3.63, 3.8) is 0 Å². The Morgan fingerprint density at radius 1 is 1.23 bits per heavy atom. The number of benzene rings is 1. The van der Waals surface area contributed by atoms with Gasteiger partial charge >= 0.3 is 5.97 Å². The Balaban J connectivity index is 2.06. The average Bonchev–Trinajstić information content (AvgIpc) is 3.14. The van der Waals surface area contributed by atoms with Crippen LogP contribution in [0.15, 0.2) is 47.1 Å². The van der Waals surface area contributed by atoms with Crippen molar-refractivity contribution in [2.45, 2.75) is 13.0 Å². The number of hydrogen-bond acceptors (Lipinski definition) is 6. The minimum atomic E-state index is -0.582. The molecule has 1 amide bonds. The lowest BCUT2D eigenvalue weighted by Gasteiger charge is -2.19. The normalized spacial score (nSPS) is 10.8. The number of nitrogens with zero attached hydrogens (tertiary/aromatic N) is 2. The highest BCUT2D eigenvalue weighted by molar-refractivity contribution is 5.91. The molecule has 0 unspecified atom stereocenters. The van der Waals surface area contributed by atoms with E-state index in [-0.39, 0.29) is 24.0 Å². The van der Waals surface area contributed by atoms with Crippen LogP contribution >= 0.6 is 0 Å². The van der Waals surface area contributed by atoms with Crippen molar-refractivity contribution in [2.75, 3.05) is 27.4 Å². The van der Waals surface area contributed by atoms with Gasteiger partial charge in [0, 0.05) is 26.3 Å². The molecule has 7 heteroatoms. The summed E-state index contributed by atoms with van der Waals surface area (Å²) in [6.45, 7) is 1.16. The molecular weight excluding hydrogens is 336 g/mol. The van der Waals surface area contributed by atoms with E-state index in [1.165, 1.54) is 19.4 Å². The van der Waals surface area contributed by atoms with E-state index in [1.54, 1.807) is 18.1 Å². The first-order valence-electron chi connectivity index (χ1n) is 8.17. The zero-order chi connectivity index (χ0) is 18.8. The van der Waals surface area contributed by atoms with Gasteiger partial charge in [0.05, 0.1) is 13.7 Å². The van der Waals surface area contributed by atoms with Crippen molar-refractivity contribution >= 4 is 18.0 Å². The molecule has 1 aromatic carbocycles. The highest BCUT2D eigenvalue weighted by Crippen LogP contribution is 2.09. The van der Waals surface area contributed by atoms with Crippen LogP contribution in [0.2, 0.25) is 0 Å². The predicted molar refractivity (Wildman–Crippen MR) is 95.2 cm³/mol. The summed E-state index contributed by atoms with van der Waals surface area (Å²) in [4.78, 5) is 29.7. The maximum atomic E-state index is 12.5. The summed E-state index contributed by atoms with van der Waals surface area (Å²) in [5.41, 5.74) is 1.01. The number of esters is 1. The molecule has 7 nitrogen and oxygen atoms in total. The van der Waals surface area contributed by atoms with E-state index >= 15 is 0 Å². The molecule has 0 bridgehead atoms. The Kier molecular flexibility index (Phi) is 7.57. The second-order valence-electron chi connectivity index (χ2n) is 5.47. The Hall–Kier alpha value is -2.93. The number of hydrogen-bond donors (Lipinski definition) is 0. The fraction of sp³-hybridized carbons (Fsp3) is 0.316. The molecule has 0 aliphatic heterocycles. The van der Waals surface area contributed by atoms with Gasteiger partial charge in [0.15, 0.2) is 5.69 Å². The first-order chi connectivity index (χ1) is 12.6. The van der Waals surface area contributed by atoms with Crippen LogP contribution < -0.4 is 0 Å². The Morgan fingerprint density at radius 2 is 2.00 bits per heavy atom. The minimum Gasteiger partial charge on any atom is -0.464 e. The van der Waals surface area contributed by atoms with E-state index in [1.807, 2.05) is 30.3 Å². The lowest BCUT2D eigenvalue weighted by molar-refractivity contribution is -0.127. The lowest BCUT2D eigenvalue weighted by Crippen LogP contribution is -2.30. The highest BCUT2D eigenvalue weighted by Gasteiger charge is 2.17. The molecule has 0 aliphatic rings. The molecule has 0 saturated carbocycles. The lowest BCUT2D eigenvalue weighted by atomic mass is 10.2. The van der Waals surface area contributed by atoms with E-state index in [2.05, 4.69) is 9.72 Å². The molecule has 2 rings (SSSR count). The molecule has 0 aliphatic carbocycles. The van der Waals surface area contributed by atoms with Crippen LogP contribution in [0.4, 0.5) is 0 Å². The first kappa shape index (κ1) is 19.4. The Morgan fingerprint density at radius 3 is 2.69 bits per heavy atom. The number of amides is 1. The van der Waals surface area contributed by atoms with Crippen LogP contribution in [0.1, 0.15) is 28.4 Å². The molecule has 0 atom stereocenters. The van der Waals surface area contributed by atoms with E-state index in [9.17, 15) is 9.59 Å². The van der Waals surface area contributed by atoms with Gasteiger partial charge in [-0.2, -0.15) is 0 Å². The fourth-order valence-electron chi connectivity index (χ4n) is 2.25. The summed E-state index contributed by atoms with van der Waals surface area (Å²) in [6, 6.07) is 9.55. The summed E-state index contributed by atoms with van der Waals surface area (Å²) in [6.07, 6.45) is 5.15. The number of oxazole rings is 1. The highest BCUT2D eigenvalue weighted by atomic mass is 16.5. The average molecular weight is 358 g/mol. The van der Waals surface area contributed by atoms with Crippen molar-refractivity contribution in [3.05, 3.63) is 59.8 Å². The van der Waals surface area contributed by atoms with Crippen molar-refractivity contribution in [2.24, 2.45) is 0 Å². The topological polar surface area (TPSA) is 81.9 Å². The maximum Gasteiger partial charge on any atom is 0.360 e. The summed E-state index contributed by atoms with van der Waals surface area (Å²) in [5, 5.41) is 0. The van der Waals surface area contributed by atoms with Crippen molar-refractivity contribution in [3.8, 4) is 0 Å². The second kappa shape index (κ2) is 10.1. The summed E-state index contributed by atoms with van der Waals surface area (Å²) >= 11 is 0. The third-order valence-electron chi connectivity index (χ3n) is 3.58. The van der Waals surface area contributed by atoms with Gasteiger partial charge in [-0.05, 0) is 18.1 Å². The monoisotopic (exact) mass is 358 g/mol. The largest absolute Gasteiger partial charge is 0.464 e. The number of rotatable bonds is 9. The quantitative estimate of drug-likeness (QED) is 0.389. The van der Waals surface area contributed by atoms with Crippen LogP contribution in [0.25, 0.3) is 6.08 Å². The van der Waals surface area contributed by atoms with Gasteiger partial charge in [0.1, 0.15) is 6.26 Å². The molecule has 0 spiro atoms. The zero-order valence-corrected chi connectivity index (χ0v) is 14.9. The van der Waals surface area contributed by atoms with Gasteiger partial charge in [0.2, 0.25) is 11.8 Å². The molecule has 0 fully saturated rings. The first-order valence-corrected chi connectivity index (χ1v) is 8.17. The molecule has 1 aromatic heterocycles. The predicted octanol–water partition coefficient (Wildman–Crippen LogP) is 2.54. The van der Waals surface area contributed by atoms with Crippen LogP contribution in [0.5, 0.6) is 0 Å². The molecule has 0 N–H and O–H groups in total. The van der Waals surface area contributed by atoms with Crippen molar-refractivity contribution in [1.29, 1.82) is 0 Å². The smallest absolute Gasteiger partial charge is 0.360 e. The van der Waals surface area contributed by atoms with Crippen LogP contribution in [0, 0.1) is 0 Å². The Bertz CT molecular complexity index is 739. The number of methoxy groups -OCH3 is 2. The Labute approximate surface area is 152 Å². The standard InChI is InChI=1S/C19H22N2O5/c1-24-12-6-11-21(13-17-20-16(14-26-17)19(23)25-2)18(22)10-9-15-7-4-3-5-8-15/h3-5,7-10,14H,6,11-13H2,1-2H3. The number of carbonyl (C=O) groups is 2. The summed E-state index contributed by atoms with van der Waals surface area (Å²) in [5.74, 6) is -0.492. The molecular formula is C19H22N2O5. The van der Waals surface area contributed by atoms with E-state index in [0.717, 1.165) is 5.56 Å². The van der Waals surface area contributed by atoms with Crippen molar-refractivity contribution < 1.29 is 23.5 Å². The summed E-state index contributed by atoms with van der Waals surface area (Å²) < 4.78 is 14.9. The molecule has 0 saturated heterocycles. The van der Waals surface area contributed by atoms with E-state index in [0.29, 0.717) is 19.6 Å².